The summed E-state index contributed by atoms with van der Waals surface area (Å²) in [5, 5.41) is 9.89. The SMILES string of the molecule is N#Cc1cccc(-c2cccc3c2Oc2c(-c4cccc(-c5nc(-c6ccccc6)cc(-c6ccccc6)n5)c4)cccc2C32c3ccccc3-c3ccccc32)c1. The first kappa shape index (κ1) is 33.5. The first-order valence-corrected chi connectivity index (χ1v) is 19.5. The molecular formula is C54H33N3O. The molecule has 0 saturated heterocycles. The Kier molecular flexibility index (Phi) is 7.74. The number of aromatic nitrogens is 2. The summed E-state index contributed by atoms with van der Waals surface area (Å²) >= 11 is 0. The van der Waals surface area contributed by atoms with Crippen molar-refractivity contribution >= 4 is 0 Å². The van der Waals surface area contributed by atoms with Crippen LogP contribution in [0.2, 0.25) is 0 Å². The summed E-state index contributed by atoms with van der Waals surface area (Å²) in [6, 6.07) is 71.7. The summed E-state index contributed by atoms with van der Waals surface area (Å²) < 4.78 is 7.32. The molecule has 1 aromatic heterocycles. The van der Waals surface area contributed by atoms with Crippen LogP contribution in [0.15, 0.2) is 200 Å². The quantitative estimate of drug-likeness (QED) is 0.176. The third-order valence-electron chi connectivity index (χ3n) is 11.6. The molecule has 0 radical (unpaired) electrons. The molecule has 0 N–H and O–H groups in total. The van der Waals surface area contributed by atoms with Crippen molar-refractivity contribution in [3.8, 4) is 84.9 Å². The molecular weight excluding hydrogens is 707 g/mol. The van der Waals surface area contributed by atoms with Crippen LogP contribution < -0.4 is 4.74 Å². The molecule has 2 aliphatic rings. The first-order valence-electron chi connectivity index (χ1n) is 19.5. The van der Waals surface area contributed by atoms with E-state index in [2.05, 4.69) is 152 Å². The molecule has 0 unspecified atom stereocenters. The van der Waals surface area contributed by atoms with Crippen LogP contribution in [0.4, 0.5) is 0 Å². The lowest BCUT2D eigenvalue weighted by molar-refractivity contribution is 0.440. The van der Waals surface area contributed by atoms with Crippen LogP contribution in [0.5, 0.6) is 11.5 Å². The minimum absolute atomic E-state index is 0.601. The van der Waals surface area contributed by atoms with E-state index in [4.69, 9.17) is 14.7 Å². The van der Waals surface area contributed by atoms with Crippen molar-refractivity contribution in [1.82, 2.24) is 9.97 Å². The number of hydrogen-bond acceptors (Lipinski definition) is 4. The number of hydrogen-bond donors (Lipinski definition) is 0. The van der Waals surface area contributed by atoms with Crippen LogP contribution in [0.25, 0.3) is 67.3 Å². The predicted octanol–water partition coefficient (Wildman–Crippen LogP) is 13.2. The van der Waals surface area contributed by atoms with Gasteiger partial charge in [0, 0.05) is 38.9 Å². The molecule has 1 spiro atoms. The summed E-state index contributed by atoms with van der Waals surface area (Å²) in [5.41, 5.74) is 15.5. The number of ether oxygens (including phenoxy) is 1. The minimum Gasteiger partial charge on any atom is -0.455 e. The molecule has 4 nitrogen and oxygen atoms in total. The predicted molar refractivity (Wildman–Crippen MR) is 231 cm³/mol. The fourth-order valence-corrected chi connectivity index (χ4v) is 9.07. The van der Waals surface area contributed by atoms with Gasteiger partial charge < -0.3 is 4.74 Å². The molecule has 11 rings (SSSR count). The number of fused-ring (bicyclic) bond motifs is 9. The number of rotatable bonds is 5. The molecule has 1 aliphatic heterocycles. The molecule has 270 valence electrons. The van der Waals surface area contributed by atoms with E-state index in [-0.39, 0.29) is 0 Å². The Bertz CT molecular complexity index is 3010. The van der Waals surface area contributed by atoms with Crippen molar-refractivity contribution in [3.05, 3.63) is 228 Å². The summed E-state index contributed by atoms with van der Waals surface area (Å²) in [6.45, 7) is 0. The molecule has 2 heterocycles. The monoisotopic (exact) mass is 739 g/mol. The fraction of sp³-hybridized carbons (Fsp3) is 0.0185. The van der Waals surface area contributed by atoms with Crippen molar-refractivity contribution in [1.29, 1.82) is 5.26 Å². The molecule has 58 heavy (non-hydrogen) atoms. The van der Waals surface area contributed by atoms with E-state index < -0.39 is 5.41 Å². The van der Waals surface area contributed by atoms with Gasteiger partial charge in [-0.05, 0) is 57.6 Å². The lowest BCUT2D eigenvalue weighted by Gasteiger charge is -2.40. The van der Waals surface area contributed by atoms with Crippen molar-refractivity contribution in [2.24, 2.45) is 0 Å². The van der Waals surface area contributed by atoms with E-state index in [0.29, 0.717) is 11.4 Å². The van der Waals surface area contributed by atoms with E-state index >= 15 is 0 Å². The molecule has 0 amide bonds. The van der Waals surface area contributed by atoms with Crippen molar-refractivity contribution in [2.75, 3.05) is 0 Å². The van der Waals surface area contributed by atoms with Gasteiger partial charge in [0.05, 0.1) is 28.4 Å². The molecule has 0 fully saturated rings. The minimum atomic E-state index is -0.662. The highest BCUT2D eigenvalue weighted by Crippen LogP contribution is 2.64. The molecule has 1 aliphatic carbocycles. The number of para-hydroxylation sites is 2. The van der Waals surface area contributed by atoms with Gasteiger partial charge in [0.1, 0.15) is 11.5 Å². The lowest BCUT2D eigenvalue weighted by atomic mass is 9.65. The van der Waals surface area contributed by atoms with Gasteiger partial charge in [-0.3, -0.25) is 0 Å². The molecule has 4 heteroatoms. The van der Waals surface area contributed by atoms with E-state index in [9.17, 15) is 5.26 Å². The number of nitriles is 1. The highest BCUT2D eigenvalue weighted by molar-refractivity contribution is 5.92. The summed E-state index contributed by atoms with van der Waals surface area (Å²) in [6.07, 6.45) is 0. The third-order valence-corrected chi connectivity index (χ3v) is 11.6. The maximum absolute atomic E-state index is 9.89. The van der Waals surface area contributed by atoms with Gasteiger partial charge in [0.25, 0.3) is 0 Å². The van der Waals surface area contributed by atoms with E-state index in [1.165, 1.54) is 22.3 Å². The standard InChI is InChI=1S/C54H33N3O/c55-34-35-15-11-20-38(31-35)41-25-13-29-47-51(41)58-52-42(26-14-30-48(52)54(47)45-27-9-7-23-43(45)44-24-8-10-28-46(44)54)39-21-12-22-40(32-39)53-56-49(36-16-3-1-4-17-36)33-50(57-53)37-18-5-2-6-19-37/h1-33H. The Morgan fingerprint density at radius 3 is 1.38 bits per heavy atom. The second-order valence-electron chi connectivity index (χ2n) is 14.8. The molecule has 0 atom stereocenters. The Labute approximate surface area is 337 Å². The third kappa shape index (κ3) is 5.15. The Morgan fingerprint density at radius 1 is 0.379 bits per heavy atom. The van der Waals surface area contributed by atoms with Gasteiger partial charge in [0.2, 0.25) is 0 Å². The smallest absolute Gasteiger partial charge is 0.160 e. The van der Waals surface area contributed by atoms with Gasteiger partial charge in [-0.25, -0.2) is 9.97 Å². The zero-order valence-corrected chi connectivity index (χ0v) is 31.3. The second kappa shape index (κ2) is 13.4. The van der Waals surface area contributed by atoms with Crippen molar-refractivity contribution in [3.63, 3.8) is 0 Å². The van der Waals surface area contributed by atoms with Gasteiger partial charge in [0.15, 0.2) is 5.82 Å². The average molecular weight is 740 g/mol. The average Bonchev–Trinajstić information content (AvgIpc) is 3.60. The van der Waals surface area contributed by atoms with Gasteiger partial charge in [-0.2, -0.15) is 5.26 Å². The topological polar surface area (TPSA) is 58.8 Å². The number of nitrogens with zero attached hydrogens (tertiary/aromatic N) is 3. The Hall–Kier alpha value is -7.87. The maximum atomic E-state index is 9.89. The van der Waals surface area contributed by atoms with Crippen LogP contribution in [0, 0.1) is 11.3 Å². The van der Waals surface area contributed by atoms with Crippen LogP contribution >= 0.6 is 0 Å². The molecule has 9 aromatic rings. The maximum Gasteiger partial charge on any atom is 0.160 e. The summed E-state index contributed by atoms with van der Waals surface area (Å²) in [4.78, 5) is 10.3. The highest BCUT2D eigenvalue weighted by atomic mass is 16.5. The van der Waals surface area contributed by atoms with Crippen LogP contribution in [-0.4, -0.2) is 9.97 Å². The summed E-state index contributed by atoms with van der Waals surface area (Å²) in [7, 11) is 0. The normalized spacial score (nSPS) is 12.7. The zero-order chi connectivity index (χ0) is 38.6. The van der Waals surface area contributed by atoms with E-state index in [0.717, 1.165) is 73.0 Å². The second-order valence-corrected chi connectivity index (χ2v) is 14.8. The molecule has 0 bridgehead atoms. The first-order chi connectivity index (χ1) is 28.7. The fourth-order valence-electron chi connectivity index (χ4n) is 9.07. The van der Waals surface area contributed by atoms with Crippen molar-refractivity contribution in [2.45, 2.75) is 5.41 Å². The van der Waals surface area contributed by atoms with Gasteiger partial charge in [-0.1, -0.05) is 176 Å². The van der Waals surface area contributed by atoms with Crippen molar-refractivity contribution < 1.29 is 4.74 Å². The Morgan fingerprint density at radius 2 is 0.810 bits per heavy atom. The van der Waals surface area contributed by atoms with Gasteiger partial charge in [-0.15, -0.1) is 0 Å². The van der Waals surface area contributed by atoms with Crippen LogP contribution in [0.1, 0.15) is 27.8 Å². The Balaban J connectivity index is 1.15. The zero-order valence-electron chi connectivity index (χ0n) is 31.3. The van der Waals surface area contributed by atoms with E-state index in [1.54, 1.807) is 0 Å². The lowest BCUT2D eigenvalue weighted by Crippen LogP contribution is -2.32. The van der Waals surface area contributed by atoms with Crippen LogP contribution in [0.3, 0.4) is 0 Å². The van der Waals surface area contributed by atoms with Crippen LogP contribution in [-0.2, 0) is 5.41 Å². The highest BCUT2D eigenvalue weighted by Gasteiger charge is 2.52. The molecule has 0 saturated carbocycles. The summed E-state index contributed by atoms with van der Waals surface area (Å²) in [5.74, 6) is 2.23. The largest absolute Gasteiger partial charge is 0.455 e. The number of benzene rings is 8. The van der Waals surface area contributed by atoms with E-state index in [1.807, 2.05) is 54.6 Å². The molecule has 8 aromatic carbocycles. The van der Waals surface area contributed by atoms with Gasteiger partial charge >= 0.3 is 0 Å².